The van der Waals surface area contributed by atoms with Crippen LogP contribution in [-0.2, 0) is 26.2 Å². The number of halogens is 3. The van der Waals surface area contributed by atoms with Gasteiger partial charge in [0.15, 0.2) is 0 Å². The Morgan fingerprint density at radius 2 is 1.87 bits per heavy atom. The Kier molecular flexibility index (Phi) is 5.90. The second-order valence-electron chi connectivity index (χ2n) is 8.02. The van der Waals surface area contributed by atoms with Crippen LogP contribution in [0.25, 0.3) is 0 Å². The van der Waals surface area contributed by atoms with Crippen LogP contribution in [0.4, 0.5) is 13.2 Å². The van der Waals surface area contributed by atoms with E-state index in [1.54, 1.807) is 0 Å². The first kappa shape index (κ1) is 20.6. The number of aryl methyl sites for hydroxylation is 1. The van der Waals surface area contributed by atoms with Gasteiger partial charge in [-0.3, -0.25) is 14.6 Å². The summed E-state index contributed by atoms with van der Waals surface area (Å²) in [5.74, 6) is 0.364. The minimum Gasteiger partial charge on any atom is -0.298 e. The molecule has 1 aliphatic rings. The quantitative estimate of drug-likeness (QED) is 0.601. The van der Waals surface area contributed by atoms with Crippen molar-refractivity contribution in [1.29, 1.82) is 0 Å². The van der Waals surface area contributed by atoms with E-state index in [9.17, 15) is 13.2 Å². The second kappa shape index (κ2) is 8.60. The molecule has 1 saturated heterocycles. The summed E-state index contributed by atoms with van der Waals surface area (Å²) >= 11 is 0. The Morgan fingerprint density at radius 1 is 1.07 bits per heavy atom. The zero-order chi connectivity index (χ0) is 21.1. The highest BCUT2D eigenvalue weighted by Crippen LogP contribution is 2.30. The summed E-state index contributed by atoms with van der Waals surface area (Å²) in [7, 11) is 1.93. The van der Waals surface area contributed by atoms with Crippen LogP contribution in [-0.4, -0.2) is 32.8 Å². The lowest BCUT2D eigenvalue weighted by Crippen LogP contribution is -2.34. The summed E-state index contributed by atoms with van der Waals surface area (Å²) in [4.78, 5) is 7.28. The molecule has 0 unspecified atom stereocenters. The van der Waals surface area contributed by atoms with Gasteiger partial charge in [0, 0.05) is 55.6 Å². The van der Waals surface area contributed by atoms with Gasteiger partial charge in [-0.2, -0.15) is 18.3 Å². The fraction of sp³-hybridized carbons (Fsp3) is 0.391. The molecule has 0 radical (unpaired) electrons. The fourth-order valence-electron chi connectivity index (χ4n) is 4.10. The van der Waals surface area contributed by atoms with Crippen LogP contribution in [0, 0.1) is 0 Å². The summed E-state index contributed by atoms with van der Waals surface area (Å²) in [6.07, 6.45) is 2.40. The first-order valence-electron chi connectivity index (χ1n) is 10.2. The van der Waals surface area contributed by atoms with E-state index >= 15 is 0 Å². The van der Waals surface area contributed by atoms with Crippen LogP contribution in [0.15, 0.2) is 54.9 Å². The van der Waals surface area contributed by atoms with Crippen molar-refractivity contribution in [2.45, 2.75) is 37.9 Å². The zero-order valence-corrected chi connectivity index (χ0v) is 16.9. The maximum absolute atomic E-state index is 12.8. The third-order valence-electron chi connectivity index (χ3n) is 5.58. The maximum atomic E-state index is 12.8. The van der Waals surface area contributed by atoms with Gasteiger partial charge in [-0.15, -0.1) is 0 Å². The average Bonchev–Trinajstić information content (AvgIpc) is 3.13. The molecule has 0 bridgehead atoms. The summed E-state index contributed by atoms with van der Waals surface area (Å²) in [6, 6.07) is 11.3. The molecule has 0 spiro atoms. The summed E-state index contributed by atoms with van der Waals surface area (Å²) < 4.78 is 40.1. The largest absolute Gasteiger partial charge is 0.416 e. The van der Waals surface area contributed by atoms with E-state index in [4.69, 9.17) is 4.98 Å². The monoisotopic (exact) mass is 414 g/mol. The number of piperidine rings is 1. The predicted molar refractivity (Wildman–Crippen MR) is 109 cm³/mol. The molecule has 3 heterocycles. The van der Waals surface area contributed by atoms with Crippen LogP contribution in [0.1, 0.15) is 46.8 Å². The highest BCUT2D eigenvalue weighted by molar-refractivity contribution is 5.28. The third-order valence-corrected chi connectivity index (χ3v) is 5.58. The number of rotatable bonds is 5. The van der Waals surface area contributed by atoms with Crippen LogP contribution in [0.2, 0.25) is 0 Å². The van der Waals surface area contributed by atoms with Crippen molar-refractivity contribution < 1.29 is 13.2 Å². The highest BCUT2D eigenvalue weighted by atomic mass is 19.4. The minimum atomic E-state index is -4.31. The molecule has 3 aromatic rings. The van der Waals surface area contributed by atoms with Gasteiger partial charge in [0.25, 0.3) is 0 Å². The van der Waals surface area contributed by atoms with E-state index < -0.39 is 11.7 Å². The molecule has 0 aliphatic carbocycles. The molecule has 0 saturated carbocycles. The Bertz CT molecular complexity index is 979. The van der Waals surface area contributed by atoms with Gasteiger partial charge in [0.1, 0.15) is 0 Å². The van der Waals surface area contributed by atoms with Gasteiger partial charge in [0.05, 0.1) is 11.8 Å². The molecular weight excluding hydrogens is 389 g/mol. The molecule has 4 nitrogen and oxygen atoms in total. The van der Waals surface area contributed by atoms with E-state index in [1.807, 2.05) is 36.3 Å². The summed E-state index contributed by atoms with van der Waals surface area (Å²) in [5.41, 5.74) is 3.37. The Labute approximate surface area is 174 Å². The lowest BCUT2D eigenvalue weighted by molar-refractivity contribution is -0.137. The van der Waals surface area contributed by atoms with E-state index in [1.165, 1.54) is 17.7 Å². The molecule has 158 valence electrons. The van der Waals surface area contributed by atoms with Crippen molar-refractivity contribution in [1.82, 2.24) is 19.7 Å². The first-order chi connectivity index (χ1) is 14.4. The Hall–Kier alpha value is -2.67. The van der Waals surface area contributed by atoms with Gasteiger partial charge in [-0.05, 0) is 49.2 Å². The second-order valence-corrected chi connectivity index (χ2v) is 8.02. The number of pyridine rings is 1. The molecule has 1 aromatic carbocycles. The molecule has 1 aliphatic heterocycles. The van der Waals surface area contributed by atoms with E-state index in [2.05, 4.69) is 16.1 Å². The number of hydrogen-bond donors (Lipinski definition) is 0. The summed E-state index contributed by atoms with van der Waals surface area (Å²) in [6.45, 7) is 2.90. The smallest absolute Gasteiger partial charge is 0.298 e. The molecule has 2 aromatic heterocycles. The predicted octanol–water partition coefficient (Wildman–Crippen LogP) is 4.80. The van der Waals surface area contributed by atoms with Crippen molar-refractivity contribution in [2.24, 2.45) is 7.05 Å². The molecular formula is C23H25F3N4. The number of alkyl halides is 3. The molecule has 7 heteroatoms. The van der Waals surface area contributed by atoms with Crippen molar-refractivity contribution in [3.8, 4) is 0 Å². The van der Waals surface area contributed by atoms with Crippen LogP contribution in [0.5, 0.6) is 0 Å². The van der Waals surface area contributed by atoms with Crippen LogP contribution in [0.3, 0.4) is 0 Å². The topological polar surface area (TPSA) is 34.0 Å². The van der Waals surface area contributed by atoms with Gasteiger partial charge < -0.3 is 0 Å². The lowest BCUT2D eigenvalue weighted by atomic mass is 9.93. The molecule has 4 rings (SSSR count). The minimum absolute atomic E-state index is 0.364. The van der Waals surface area contributed by atoms with E-state index in [0.29, 0.717) is 12.3 Å². The standard InChI is InChI=1S/C23H25F3N4/c1-29-14-18(13-27-29)15-30-11-3-4-19(16-30)22-6-2-5-21(28-22)12-17-7-9-20(10-8-17)23(24,25)26/h2,5-10,13-14,19H,3-4,11-12,15-16H2,1H3/t19-/m0/s1. The number of benzene rings is 1. The van der Waals surface area contributed by atoms with Crippen LogP contribution < -0.4 is 0 Å². The van der Waals surface area contributed by atoms with Crippen molar-refractivity contribution in [2.75, 3.05) is 13.1 Å². The molecule has 30 heavy (non-hydrogen) atoms. The molecule has 0 N–H and O–H groups in total. The molecule has 0 amide bonds. The van der Waals surface area contributed by atoms with Gasteiger partial charge in [-0.25, -0.2) is 0 Å². The average molecular weight is 414 g/mol. The number of nitrogens with zero attached hydrogens (tertiary/aromatic N) is 4. The van der Waals surface area contributed by atoms with Gasteiger partial charge >= 0.3 is 6.18 Å². The third kappa shape index (κ3) is 5.08. The van der Waals surface area contributed by atoms with Gasteiger partial charge in [-0.1, -0.05) is 18.2 Å². The number of aromatic nitrogens is 3. The lowest BCUT2D eigenvalue weighted by Gasteiger charge is -2.32. The number of hydrogen-bond acceptors (Lipinski definition) is 3. The van der Waals surface area contributed by atoms with E-state index in [-0.39, 0.29) is 0 Å². The molecule has 1 fully saturated rings. The molecule has 1 atom stereocenters. The van der Waals surface area contributed by atoms with Crippen molar-refractivity contribution in [3.05, 3.63) is 82.9 Å². The van der Waals surface area contributed by atoms with Crippen molar-refractivity contribution >= 4 is 0 Å². The normalized spacial score (nSPS) is 17.9. The fourth-order valence-corrected chi connectivity index (χ4v) is 4.10. The Balaban J connectivity index is 1.42. The SMILES string of the molecule is Cn1cc(CN2CCC[C@H](c3cccc(Cc4ccc(C(F)(F)F)cc4)n3)C2)cn1. The van der Waals surface area contributed by atoms with Crippen molar-refractivity contribution in [3.63, 3.8) is 0 Å². The van der Waals surface area contributed by atoms with E-state index in [0.717, 1.165) is 61.6 Å². The zero-order valence-electron chi connectivity index (χ0n) is 16.9. The first-order valence-corrected chi connectivity index (χ1v) is 10.2. The maximum Gasteiger partial charge on any atom is 0.416 e. The van der Waals surface area contributed by atoms with Gasteiger partial charge in [0.2, 0.25) is 0 Å². The van der Waals surface area contributed by atoms with Crippen LogP contribution >= 0.6 is 0 Å². The Morgan fingerprint density at radius 3 is 2.57 bits per heavy atom. The highest BCUT2D eigenvalue weighted by Gasteiger charge is 2.30. The summed E-state index contributed by atoms with van der Waals surface area (Å²) in [5, 5.41) is 4.24. The number of likely N-dealkylation sites (tertiary alicyclic amines) is 1.